The summed E-state index contributed by atoms with van der Waals surface area (Å²) in [6.07, 6.45) is 2.53. The summed E-state index contributed by atoms with van der Waals surface area (Å²) in [7, 11) is -1.04. The molecule has 0 amide bonds. The number of rotatable bonds is 8. The van der Waals surface area contributed by atoms with Crippen molar-refractivity contribution < 1.29 is 8.42 Å². The third-order valence-electron chi connectivity index (χ3n) is 3.83. The van der Waals surface area contributed by atoms with E-state index in [-0.39, 0.29) is 11.8 Å². The van der Waals surface area contributed by atoms with E-state index in [1.165, 1.54) is 0 Å². The largest absolute Gasteiger partial charge is 0.315 e. The van der Waals surface area contributed by atoms with Gasteiger partial charge in [-0.3, -0.25) is 0 Å². The molecule has 0 aromatic carbocycles. The molecular weight excluding hydrogens is 274 g/mol. The summed E-state index contributed by atoms with van der Waals surface area (Å²) in [6.45, 7) is 9.13. The summed E-state index contributed by atoms with van der Waals surface area (Å²) in [5.74, 6) is 0.623. The van der Waals surface area contributed by atoms with Gasteiger partial charge in [-0.15, -0.1) is 0 Å². The van der Waals surface area contributed by atoms with Gasteiger partial charge in [0, 0.05) is 18.6 Å². The molecule has 1 saturated heterocycles. The Labute approximate surface area is 124 Å². The number of piperidine rings is 1. The van der Waals surface area contributed by atoms with Crippen LogP contribution in [0.15, 0.2) is 0 Å². The molecular formula is C14H31N3O2S. The zero-order valence-electron chi connectivity index (χ0n) is 13.4. The van der Waals surface area contributed by atoms with E-state index < -0.39 is 10.0 Å². The normalized spacial score (nSPS) is 25.2. The molecule has 2 N–H and O–H groups in total. The standard InChI is InChI=1S/C14H31N3O2S/c1-12(2)15-8-5-6-10-20(18,19)16-14-7-9-17(4)11-13(14)3/h12-16H,5-11H2,1-4H3. The van der Waals surface area contributed by atoms with Crippen molar-refractivity contribution in [1.82, 2.24) is 14.9 Å². The molecule has 6 heteroatoms. The number of hydrogen-bond acceptors (Lipinski definition) is 4. The molecule has 0 bridgehead atoms. The fraction of sp³-hybridized carbons (Fsp3) is 1.00. The maximum Gasteiger partial charge on any atom is 0.211 e. The molecule has 0 aromatic heterocycles. The Morgan fingerprint density at radius 2 is 2.00 bits per heavy atom. The summed E-state index contributed by atoms with van der Waals surface area (Å²) in [4.78, 5) is 2.26. The molecule has 0 radical (unpaired) electrons. The zero-order valence-corrected chi connectivity index (χ0v) is 14.2. The first-order chi connectivity index (χ1) is 9.30. The van der Waals surface area contributed by atoms with Crippen LogP contribution in [0, 0.1) is 5.92 Å². The summed E-state index contributed by atoms with van der Waals surface area (Å²) in [5.41, 5.74) is 0. The molecule has 1 rings (SSSR count). The molecule has 1 aliphatic heterocycles. The van der Waals surface area contributed by atoms with E-state index in [4.69, 9.17) is 0 Å². The summed E-state index contributed by atoms with van der Waals surface area (Å²) in [6, 6.07) is 0.565. The number of nitrogens with zero attached hydrogens (tertiary/aromatic N) is 1. The van der Waals surface area contributed by atoms with Gasteiger partial charge in [-0.1, -0.05) is 20.8 Å². The van der Waals surface area contributed by atoms with Crippen molar-refractivity contribution in [3.63, 3.8) is 0 Å². The second-order valence-corrected chi connectivity index (χ2v) is 8.26. The second kappa shape index (κ2) is 8.32. The summed E-state index contributed by atoms with van der Waals surface area (Å²) < 4.78 is 27.0. The van der Waals surface area contributed by atoms with Crippen molar-refractivity contribution in [1.29, 1.82) is 0 Å². The lowest BCUT2D eigenvalue weighted by atomic mass is 9.95. The summed E-state index contributed by atoms with van der Waals surface area (Å²) >= 11 is 0. The number of hydrogen-bond donors (Lipinski definition) is 2. The molecule has 20 heavy (non-hydrogen) atoms. The van der Waals surface area contributed by atoms with Gasteiger partial charge in [-0.2, -0.15) is 0 Å². The Balaban J connectivity index is 2.27. The van der Waals surface area contributed by atoms with Crippen LogP contribution in [0.1, 0.15) is 40.0 Å². The Hall–Kier alpha value is -0.170. The van der Waals surface area contributed by atoms with Crippen LogP contribution in [0.25, 0.3) is 0 Å². The van der Waals surface area contributed by atoms with E-state index in [0.717, 1.165) is 38.9 Å². The molecule has 0 aromatic rings. The molecule has 0 saturated carbocycles. The van der Waals surface area contributed by atoms with Gasteiger partial charge in [0.1, 0.15) is 0 Å². The lowest BCUT2D eigenvalue weighted by Crippen LogP contribution is -2.49. The smallest absolute Gasteiger partial charge is 0.211 e. The van der Waals surface area contributed by atoms with Gasteiger partial charge in [-0.25, -0.2) is 13.1 Å². The Kier molecular flexibility index (Phi) is 7.43. The molecule has 1 heterocycles. The van der Waals surface area contributed by atoms with Crippen molar-refractivity contribution >= 4 is 10.0 Å². The minimum Gasteiger partial charge on any atom is -0.315 e. The average molecular weight is 305 g/mol. The molecule has 5 nitrogen and oxygen atoms in total. The van der Waals surface area contributed by atoms with Crippen LogP contribution in [0.5, 0.6) is 0 Å². The highest BCUT2D eigenvalue weighted by Crippen LogP contribution is 2.16. The van der Waals surface area contributed by atoms with Crippen molar-refractivity contribution in [2.24, 2.45) is 5.92 Å². The Morgan fingerprint density at radius 3 is 2.60 bits per heavy atom. The molecule has 0 spiro atoms. The zero-order chi connectivity index (χ0) is 15.2. The van der Waals surface area contributed by atoms with Gasteiger partial charge in [0.05, 0.1) is 5.75 Å². The quantitative estimate of drug-likeness (QED) is 0.658. The number of likely N-dealkylation sites (tertiary alicyclic amines) is 1. The Morgan fingerprint density at radius 1 is 1.30 bits per heavy atom. The van der Waals surface area contributed by atoms with Crippen LogP contribution in [-0.2, 0) is 10.0 Å². The molecule has 1 aliphatic rings. The third-order valence-corrected chi connectivity index (χ3v) is 5.32. The Bertz CT molecular complexity index is 371. The van der Waals surface area contributed by atoms with Gasteiger partial charge in [0.15, 0.2) is 0 Å². The maximum absolute atomic E-state index is 12.1. The van der Waals surface area contributed by atoms with Crippen LogP contribution in [0.3, 0.4) is 0 Å². The van der Waals surface area contributed by atoms with Gasteiger partial charge in [0.25, 0.3) is 0 Å². The van der Waals surface area contributed by atoms with Crippen molar-refractivity contribution in [3.8, 4) is 0 Å². The summed E-state index contributed by atoms with van der Waals surface area (Å²) in [5, 5.41) is 3.30. The van der Waals surface area contributed by atoms with Gasteiger partial charge >= 0.3 is 0 Å². The SMILES string of the molecule is CC(C)NCCCCS(=O)(=O)NC1CCN(C)CC1C. The first-order valence-corrected chi connectivity index (χ1v) is 9.37. The van der Waals surface area contributed by atoms with E-state index in [1.54, 1.807) is 0 Å². The van der Waals surface area contributed by atoms with Crippen LogP contribution in [-0.4, -0.2) is 57.8 Å². The fourth-order valence-electron chi connectivity index (χ4n) is 2.63. The predicted molar refractivity (Wildman–Crippen MR) is 84.4 cm³/mol. The van der Waals surface area contributed by atoms with Crippen molar-refractivity contribution in [3.05, 3.63) is 0 Å². The van der Waals surface area contributed by atoms with E-state index in [9.17, 15) is 8.42 Å². The van der Waals surface area contributed by atoms with E-state index in [1.807, 2.05) is 0 Å². The maximum atomic E-state index is 12.1. The van der Waals surface area contributed by atoms with E-state index in [2.05, 4.69) is 42.8 Å². The lowest BCUT2D eigenvalue weighted by molar-refractivity contribution is 0.188. The van der Waals surface area contributed by atoms with Gasteiger partial charge < -0.3 is 10.2 Å². The van der Waals surface area contributed by atoms with Gasteiger partial charge in [0.2, 0.25) is 10.0 Å². The first-order valence-electron chi connectivity index (χ1n) is 7.72. The first kappa shape index (κ1) is 17.9. The molecule has 0 aliphatic carbocycles. The highest BCUT2D eigenvalue weighted by atomic mass is 32.2. The van der Waals surface area contributed by atoms with Crippen molar-refractivity contribution in [2.75, 3.05) is 32.4 Å². The molecule has 1 fully saturated rings. The average Bonchev–Trinajstić information content (AvgIpc) is 2.32. The monoisotopic (exact) mass is 305 g/mol. The van der Waals surface area contributed by atoms with Crippen LogP contribution in [0.4, 0.5) is 0 Å². The molecule has 2 atom stereocenters. The number of unbranched alkanes of at least 4 members (excludes halogenated alkanes) is 1. The highest BCUT2D eigenvalue weighted by molar-refractivity contribution is 7.89. The van der Waals surface area contributed by atoms with Crippen molar-refractivity contribution in [2.45, 2.75) is 52.1 Å². The molecule has 2 unspecified atom stereocenters. The fourth-order valence-corrected chi connectivity index (χ4v) is 4.14. The van der Waals surface area contributed by atoms with Crippen LogP contribution in [0.2, 0.25) is 0 Å². The van der Waals surface area contributed by atoms with Crippen LogP contribution < -0.4 is 10.0 Å². The minimum atomic E-state index is -3.13. The predicted octanol–water partition coefficient (Wildman–Crippen LogP) is 1.02. The number of nitrogens with one attached hydrogen (secondary N) is 2. The highest BCUT2D eigenvalue weighted by Gasteiger charge is 2.27. The van der Waals surface area contributed by atoms with E-state index >= 15 is 0 Å². The topological polar surface area (TPSA) is 61.4 Å². The molecule has 120 valence electrons. The number of sulfonamides is 1. The minimum absolute atomic E-state index is 0.102. The van der Waals surface area contributed by atoms with E-state index in [0.29, 0.717) is 12.0 Å². The van der Waals surface area contributed by atoms with Gasteiger partial charge in [-0.05, 0) is 45.3 Å². The van der Waals surface area contributed by atoms with Crippen LogP contribution >= 0.6 is 0 Å². The third kappa shape index (κ3) is 7.02. The lowest BCUT2D eigenvalue weighted by Gasteiger charge is -2.34. The second-order valence-electron chi connectivity index (χ2n) is 6.39.